The fraction of sp³-hybridized carbons (Fsp3) is 0.923. The third-order valence-corrected chi connectivity index (χ3v) is 3.78. The Morgan fingerprint density at radius 2 is 2.29 bits per heavy atom. The third-order valence-electron chi connectivity index (χ3n) is 3.78. The summed E-state index contributed by atoms with van der Waals surface area (Å²) in [6, 6.07) is 0.466. The number of amides is 1. The van der Waals surface area contributed by atoms with E-state index in [2.05, 4.69) is 24.1 Å². The fourth-order valence-corrected chi connectivity index (χ4v) is 2.83. The van der Waals surface area contributed by atoms with Crippen LogP contribution in [0.1, 0.15) is 39.5 Å². The lowest BCUT2D eigenvalue weighted by molar-refractivity contribution is -0.133. The number of ether oxygens (including phenoxy) is 1. The summed E-state index contributed by atoms with van der Waals surface area (Å²) in [5.74, 6) is 0.303. The molecular formula is C13H24N2O2. The van der Waals surface area contributed by atoms with Crippen molar-refractivity contribution in [1.82, 2.24) is 10.2 Å². The minimum atomic E-state index is 0.0631. The van der Waals surface area contributed by atoms with Gasteiger partial charge in [0.05, 0.1) is 12.1 Å². The van der Waals surface area contributed by atoms with Gasteiger partial charge >= 0.3 is 0 Å². The highest BCUT2D eigenvalue weighted by Crippen LogP contribution is 2.24. The van der Waals surface area contributed by atoms with Gasteiger partial charge in [-0.2, -0.15) is 0 Å². The van der Waals surface area contributed by atoms with Crippen molar-refractivity contribution in [3.05, 3.63) is 0 Å². The van der Waals surface area contributed by atoms with Crippen molar-refractivity contribution in [3.63, 3.8) is 0 Å². The van der Waals surface area contributed by atoms with Crippen LogP contribution in [0, 0.1) is 0 Å². The number of rotatable bonds is 4. The van der Waals surface area contributed by atoms with E-state index in [0.717, 1.165) is 45.4 Å². The molecule has 0 bridgehead atoms. The van der Waals surface area contributed by atoms with E-state index in [1.165, 1.54) is 0 Å². The minimum Gasteiger partial charge on any atom is -0.378 e. The predicted octanol–water partition coefficient (Wildman–Crippen LogP) is 1.15. The van der Waals surface area contributed by atoms with Crippen molar-refractivity contribution in [1.29, 1.82) is 0 Å². The lowest BCUT2D eigenvalue weighted by atomic mass is 10.0. The minimum absolute atomic E-state index is 0.0631. The third kappa shape index (κ3) is 2.99. The molecule has 0 aromatic heterocycles. The lowest BCUT2D eigenvalue weighted by Crippen LogP contribution is -2.46. The number of carbonyl (C=O) groups is 1. The molecule has 0 radical (unpaired) electrons. The number of nitrogens with zero attached hydrogens (tertiary/aromatic N) is 1. The van der Waals surface area contributed by atoms with E-state index in [1.54, 1.807) is 0 Å². The van der Waals surface area contributed by atoms with Crippen molar-refractivity contribution in [2.45, 2.75) is 57.7 Å². The van der Waals surface area contributed by atoms with Crippen LogP contribution in [0.5, 0.6) is 0 Å². The molecule has 0 aromatic carbocycles. The second kappa shape index (κ2) is 5.83. The lowest BCUT2D eigenvalue weighted by Gasteiger charge is -2.34. The first kappa shape index (κ1) is 12.8. The van der Waals surface area contributed by atoms with Gasteiger partial charge < -0.3 is 15.0 Å². The summed E-state index contributed by atoms with van der Waals surface area (Å²) < 4.78 is 5.54. The summed E-state index contributed by atoms with van der Waals surface area (Å²) in [6.07, 6.45) is 4.33. The van der Waals surface area contributed by atoms with E-state index in [0.29, 0.717) is 18.1 Å². The average Bonchev–Trinajstić information content (AvgIpc) is 2.68. The molecule has 2 aliphatic rings. The second-order valence-corrected chi connectivity index (χ2v) is 5.19. The van der Waals surface area contributed by atoms with Crippen LogP contribution >= 0.6 is 0 Å². The van der Waals surface area contributed by atoms with E-state index in [-0.39, 0.29) is 6.04 Å². The molecule has 0 aromatic rings. The first-order valence-electron chi connectivity index (χ1n) is 6.87. The summed E-state index contributed by atoms with van der Waals surface area (Å²) >= 11 is 0. The topological polar surface area (TPSA) is 41.6 Å². The summed E-state index contributed by atoms with van der Waals surface area (Å²) in [4.78, 5) is 14.3. The standard InChI is InChI=1S/C13H24N2O2/c1-3-6-14-12-4-7-15(13(12)16)11-5-8-17-10(2)9-11/h10-12,14H,3-9H2,1-2H3. The Balaban J connectivity index is 1.88. The van der Waals surface area contributed by atoms with E-state index in [1.807, 2.05) is 0 Å². The summed E-state index contributed by atoms with van der Waals surface area (Å²) in [7, 11) is 0. The molecule has 98 valence electrons. The predicted molar refractivity (Wildman–Crippen MR) is 66.8 cm³/mol. The van der Waals surface area contributed by atoms with Crippen molar-refractivity contribution in [3.8, 4) is 0 Å². The van der Waals surface area contributed by atoms with E-state index < -0.39 is 0 Å². The highest BCUT2D eigenvalue weighted by Gasteiger charge is 2.36. The van der Waals surface area contributed by atoms with Gasteiger partial charge in [-0.05, 0) is 39.2 Å². The molecule has 2 aliphatic heterocycles. The van der Waals surface area contributed by atoms with Gasteiger partial charge in [0.2, 0.25) is 5.91 Å². The normalized spacial score (nSPS) is 34.4. The summed E-state index contributed by atoms with van der Waals surface area (Å²) in [5.41, 5.74) is 0. The van der Waals surface area contributed by atoms with E-state index >= 15 is 0 Å². The molecule has 4 nitrogen and oxygen atoms in total. The van der Waals surface area contributed by atoms with E-state index in [9.17, 15) is 4.79 Å². The van der Waals surface area contributed by atoms with Crippen LogP contribution in [0.4, 0.5) is 0 Å². The molecule has 2 fully saturated rings. The van der Waals surface area contributed by atoms with Crippen LogP contribution < -0.4 is 5.32 Å². The molecule has 0 saturated carbocycles. The molecular weight excluding hydrogens is 216 g/mol. The maximum absolute atomic E-state index is 12.2. The average molecular weight is 240 g/mol. The zero-order valence-corrected chi connectivity index (χ0v) is 10.9. The maximum Gasteiger partial charge on any atom is 0.240 e. The Kier molecular flexibility index (Phi) is 4.40. The molecule has 2 saturated heterocycles. The Morgan fingerprint density at radius 3 is 3.00 bits per heavy atom. The molecule has 4 heteroatoms. The van der Waals surface area contributed by atoms with Crippen molar-refractivity contribution < 1.29 is 9.53 Å². The Hall–Kier alpha value is -0.610. The maximum atomic E-state index is 12.2. The van der Waals surface area contributed by atoms with Gasteiger partial charge in [0.25, 0.3) is 0 Å². The summed E-state index contributed by atoms with van der Waals surface area (Å²) in [5, 5.41) is 3.34. The van der Waals surface area contributed by atoms with Crippen molar-refractivity contribution >= 4 is 5.91 Å². The monoisotopic (exact) mass is 240 g/mol. The summed E-state index contributed by atoms with van der Waals surface area (Å²) in [6.45, 7) is 6.87. The Bertz CT molecular complexity index is 270. The van der Waals surface area contributed by atoms with Crippen LogP contribution in [0.15, 0.2) is 0 Å². The molecule has 2 rings (SSSR count). The van der Waals surface area contributed by atoms with Crippen LogP contribution in [-0.4, -0.2) is 48.7 Å². The molecule has 3 atom stereocenters. The molecule has 3 unspecified atom stereocenters. The Morgan fingerprint density at radius 1 is 1.47 bits per heavy atom. The first-order valence-corrected chi connectivity index (χ1v) is 6.87. The van der Waals surface area contributed by atoms with Gasteiger partial charge in [0, 0.05) is 19.2 Å². The molecule has 2 heterocycles. The van der Waals surface area contributed by atoms with Gasteiger partial charge in [-0.25, -0.2) is 0 Å². The first-order chi connectivity index (χ1) is 8.22. The van der Waals surface area contributed by atoms with Gasteiger partial charge in [0.15, 0.2) is 0 Å². The van der Waals surface area contributed by atoms with Crippen LogP contribution in [0.3, 0.4) is 0 Å². The highest BCUT2D eigenvalue weighted by atomic mass is 16.5. The number of hydrogen-bond acceptors (Lipinski definition) is 3. The zero-order valence-electron chi connectivity index (χ0n) is 10.9. The van der Waals surface area contributed by atoms with Crippen molar-refractivity contribution in [2.75, 3.05) is 19.7 Å². The SMILES string of the molecule is CCCNC1CCN(C2CCOC(C)C2)C1=O. The largest absolute Gasteiger partial charge is 0.378 e. The van der Waals surface area contributed by atoms with E-state index in [4.69, 9.17) is 4.74 Å². The number of carbonyl (C=O) groups excluding carboxylic acids is 1. The molecule has 17 heavy (non-hydrogen) atoms. The van der Waals surface area contributed by atoms with Crippen LogP contribution in [0.25, 0.3) is 0 Å². The fourth-order valence-electron chi connectivity index (χ4n) is 2.83. The molecule has 1 N–H and O–H groups in total. The quantitative estimate of drug-likeness (QED) is 0.801. The second-order valence-electron chi connectivity index (χ2n) is 5.19. The highest BCUT2D eigenvalue weighted by molar-refractivity contribution is 5.84. The van der Waals surface area contributed by atoms with Crippen molar-refractivity contribution in [2.24, 2.45) is 0 Å². The van der Waals surface area contributed by atoms with Crippen LogP contribution in [-0.2, 0) is 9.53 Å². The number of nitrogens with one attached hydrogen (secondary N) is 1. The molecule has 1 amide bonds. The zero-order chi connectivity index (χ0) is 12.3. The van der Waals surface area contributed by atoms with Gasteiger partial charge in [-0.3, -0.25) is 4.79 Å². The van der Waals surface area contributed by atoms with Gasteiger partial charge in [-0.15, -0.1) is 0 Å². The smallest absolute Gasteiger partial charge is 0.240 e. The Labute approximate surface area is 104 Å². The van der Waals surface area contributed by atoms with Gasteiger partial charge in [0.1, 0.15) is 0 Å². The molecule has 0 spiro atoms. The number of hydrogen-bond donors (Lipinski definition) is 1. The van der Waals surface area contributed by atoms with Gasteiger partial charge in [-0.1, -0.05) is 6.92 Å². The van der Waals surface area contributed by atoms with Crippen LogP contribution in [0.2, 0.25) is 0 Å². The molecule has 0 aliphatic carbocycles. The number of likely N-dealkylation sites (tertiary alicyclic amines) is 1.